The van der Waals surface area contributed by atoms with Gasteiger partial charge in [0, 0.05) is 38.6 Å². The average Bonchev–Trinajstić information content (AvgIpc) is 3.47. The van der Waals surface area contributed by atoms with Crippen LogP contribution in [0, 0.1) is 11.8 Å². The Morgan fingerprint density at radius 2 is 2.00 bits per heavy atom. The predicted molar refractivity (Wildman–Crippen MR) is 144 cm³/mol. The Morgan fingerprint density at radius 3 is 2.66 bits per heavy atom. The smallest absolute Gasteiger partial charge is 0.258 e. The molecule has 0 unspecified atom stereocenters. The average molecular weight is 566 g/mol. The first-order chi connectivity index (χ1) is 18.1. The monoisotopic (exact) mass is 565 g/mol. The third-order valence-electron chi connectivity index (χ3n) is 7.14. The van der Waals surface area contributed by atoms with Crippen molar-refractivity contribution in [3.63, 3.8) is 0 Å². The van der Waals surface area contributed by atoms with Gasteiger partial charge in [0.05, 0.1) is 30.4 Å². The molecule has 1 aromatic heterocycles. The second-order valence-electron chi connectivity index (χ2n) is 9.90. The highest BCUT2D eigenvalue weighted by atomic mass is 32.2. The number of thiophene rings is 1. The number of sulfonamides is 1. The van der Waals surface area contributed by atoms with Crippen LogP contribution in [0.5, 0.6) is 5.75 Å². The van der Waals surface area contributed by atoms with Gasteiger partial charge in [-0.15, -0.1) is 11.3 Å². The SMILES string of the molecule is C[C@H](CO)N1C[C@H](C)[C@@H](CN(C)S(=O)(=O)c2cccs2)Oc2c(NC(=O)C3CCOCC3)cccc2C1=O. The number of anilines is 1. The molecular formula is C26H35N3O7S2. The number of hydrogen-bond acceptors (Lipinski definition) is 8. The molecule has 1 fully saturated rings. The molecule has 3 atom stereocenters. The quantitative estimate of drug-likeness (QED) is 0.504. The van der Waals surface area contributed by atoms with Crippen LogP contribution in [-0.4, -0.2) is 86.6 Å². The Hall–Kier alpha value is -2.51. The molecule has 38 heavy (non-hydrogen) atoms. The second-order valence-corrected chi connectivity index (χ2v) is 13.1. The topological polar surface area (TPSA) is 125 Å². The fourth-order valence-electron chi connectivity index (χ4n) is 4.67. The molecule has 0 saturated carbocycles. The van der Waals surface area contributed by atoms with Crippen LogP contribution in [0.1, 0.15) is 37.0 Å². The van der Waals surface area contributed by atoms with Gasteiger partial charge < -0.3 is 24.8 Å². The van der Waals surface area contributed by atoms with Crippen LogP contribution in [-0.2, 0) is 19.6 Å². The number of rotatable bonds is 8. The molecule has 10 nitrogen and oxygen atoms in total. The van der Waals surface area contributed by atoms with Crippen LogP contribution >= 0.6 is 11.3 Å². The molecule has 0 aliphatic carbocycles. The first-order valence-electron chi connectivity index (χ1n) is 12.7. The lowest BCUT2D eigenvalue weighted by Gasteiger charge is -2.38. The van der Waals surface area contributed by atoms with Gasteiger partial charge >= 0.3 is 0 Å². The normalized spacial score (nSPS) is 21.8. The summed E-state index contributed by atoms with van der Waals surface area (Å²) in [5, 5.41) is 14.5. The number of nitrogens with zero attached hydrogens (tertiary/aromatic N) is 2. The van der Waals surface area contributed by atoms with E-state index in [1.165, 1.54) is 11.4 Å². The summed E-state index contributed by atoms with van der Waals surface area (Å²) in [6.07, 6.45) is 0.567. The van der Waals surface area contributed by atoms with Gasteiger partial charge in [0.2, 0.25) is 5.91 Å². The minimum absolute atomic E-state index is 0.0264. The van der Waals surface area contributed by atoms with E-state index in [-0.39, 0.29) is 58.9 Å². The van der Waals surface area contributed by atoms with Crippen LogP contribution in [0.4, 0.5) is 5.69 Å². The van der Waals surface area contributed by atoms with Crippen LogP contribution < -0.4 is 10.1 Å². The number of amides is 2. The van der Waals surface area contributed by atoms with Crippen LogP contribution in [0.3, 0.4) is 0 Å². The van der Waals surface area contributed by atoms with E-state index >= 15 is 0 Å². The standard InChI is InChI=1S/C26H35N3O7S2/c1-17-14-29(18(2)16-30)26(32)20-6-4-7-21(27-25(31)19-9-11-35-12-10-19)24(20)36-22(17)15-28(3)38(33,34)23-8-5-13-37-23/h4-8,13,17-19,22,30H,9-12,14-16H2,1-3H3,(H,27,31)/t17-,18+,22+/m0/s1. The van der Waals surface area contributed by atoms with E-state index < -0.39 is 22.2 Å². The maximum absolute atomic E-state index is 13.6. The minimum Gasteiger partial charge on any atom is -0.486 e. The van der Waals surface area contributed by atoms with Crippen molar-refractivity contribution in [1.82, 2.24) is 9.21 Å². The van der Waals surface area contributed by atoms with Gasteiger partial charge in [-0.1, -0.05) is 19.1 Å². The Morgan fingerprint density at radius 1 is 1.26 bits per heavy atom. The number of para-hydroxylation sites is 1. The van der Waals surface area contributed by atoms with Crippen molar-refractivity contribution in [1.29, 1.82) is 0 Å². The molecule has 2 aliphatic heterocycles. The van der Waals surface area contributed by atoms with Crippen molar-refractivity contribution >= 4 is 38.9 Å². The van der Waals surface area contributed by atoms with Crippen molar-refractivity contribution < 1.29 is 32.6 Å². The molecule has 208 valence electrons. The Balaban J connectivity index is 1.69. The summed E-state index contributed by atoms with van der Waals surface area (Å²) in [4.78, 5) is 28.3. The highest BCUT2D eigenvalue weighted by Crippen LogP contribution is 2.36. The molecule has 1 aromatic carbocycles. The number of nitrogens with one attached hydrogen (secondary N) is 1. The third kappa shape index (κ3) is 6.04. The van der Waals surface area contributed by atoms with Crippen molar-refractivity contribution in [2.75, 3.05) is 45.3 Å². The van der Waals surface area contributed by atoms with E-state index in [4.69, 9.17) is 9.47 Å². The number of carbonyl (C=O) groups is 2. The maximum Gasteiger partial charge on any atom is 0.258 e. The molecule has 0 bridgehead atoms. The first-order valence-corrected chi connectivity index (χ1v) is 15.1. The summed E-state index contributed by atoms with van der Waals surface area (Å²) in [6.45, 7) is 4.72. The molecule has 1 saturated heterocycles. The third-order valence-corrected chi connectivity index (χ3v) is 10.3. The molecule has 2 N–H and O–H groups in total. The van der Waals surface area contributed by atoms with E-state index in [1.807, 2.05) is 6.92 Å². The van der Waals surface area contributed by atoms with Gasteiger partial charge in [-0.25, -0.2) is 8.42 Å². The fourth-order valence-corrected chi connectivity index (χ4v) is 7.05. The Kier molecular flexibility index (Phi) is 9.09. The maximum atomic E-state index is 13.6. The van der Waals surface area contributed by atoms with Gasteiger partial charge in [-0.3, -0.25) is 9.59 Å². The summed E-state index contributed by atoms with van der Waals surface area (Å²) < 4.78 is 39.6. The van der Waals surface area contributed by atoms with Gasteiger partial charge in [0.25, 0.3) is 15.9 Å². The van der Waals surface area contributed by atoms with Gasteiger partial charge in [-0.05, 0) is 43.3 Å². The molecule has 3 heterocycles. The van der Waals surface area contributed by atoms with Crippen LogP contribution in [0.25, 0.3) is 0 Å². The van der Waals surface area contributed by atoms with Crippen LogP contribution in [0.15, 0.2) is 39.9 Å². The zero-order chi connectivity index (χ0) is 27.4. The van der Waals surface area contributed by atoms with Gasteiger partial charge in [-0.2, -0.15) is 4.31 Å². The number of aliphatic hydroxyl groups is 1. The van der Waals surface area contributed by atoms with E-state index in [2.05, 4.69) is 5.32 Å². The summed E-state index contributed by atoms with van der Waals surface area (Å²) in [6, 6.07) is 7.75. The Bertz CT molecular complexity index is 1230. The first kappa shape index (κ1) is 28.5. The zero-order valence-electron chi connectivity index (χ0n) is 21.8. The number of ether oxygens (including phenoxy) is 2. The molecule has 2 amide bonds. The molecule has 2 aromatic rings. The second kappa shape index (κ2) is 12.1. The number of fused-ring (bicyclic) bond motifs is 1. The molecule has 2 aliphatic rings. The molecular weight excluding hydrogens is 530 g/mol. The summed E-state index contributed by atoms with van der Waals surface area (Å²) >= 11 is 1.14. The number of hydrogen-bond donors (Lipinski definition) is 2. The highest BCUT2D eigenvalue weighted by molar-refractivity contribution is 7.91. The Labute approximate surface area is 227 Å². The van der Waals surface area contributed by atoms with Crippen molar-refractivity contribution in [2.24, 2.45) is 11.8 Å². The summed E-state index contributed by atoms with van der Waals surface area (Å²) in [7, 11) is -2.23. The lowest BCUT2D eigenvalue weighted by molar-refractivity contribution is -0.122. The summed E-state index contributed by atoms with van der Waals surface area (Å²) in [5.41, 5.74) is 0.600. The van der Waals surface area contributed by atoms with Crippen molar-refractivity contribution in [2.45, 2.75) is 43.0 Å². The molecule has 0 spiro atoms. The predicted octanol–water partition coefficient (Wildman–Crippen LogP) is 2.65. The lowest BCUT2D eigenvalue weighted by atomic mass is 9.98. The van der Waals surface area contributed by atoms with Crippen molar-refractivity contribution in [3.8, 4) is 5.75 Å². The van der Waals surface area contributed by atoms with Gasteiger partial charge in [0.15, 0.2) is 5.75 Å². The number of likely N-dealkylation sites (N-methyl/N-ethyl adjacent to an activating group) is 1. The summed E-state index contributed by atoms with van der Waals surface area (Å²) in [5.74, 6) is -0.810. The number of benzene rings is 1. The number of carbonyl (C=O) groups excluding carboxylic acids is 2. The molecule has 0 radical (unpaired) electrons. The van der Waals surface area contributed by atoms with Crippen LogP contribution in [0.2, 0.25) is 0 Å². The van der Waals surface area contributed by atoms with Gasteiger partial charge in [0.1, 0.15) is 10.3 Å². The van der Waals surface area contributed by atoms with E-state index in [1.54, 1.807) is 47.5 Å². The lowest BCUT2D eigenvalue weighted by Crippen LogP contribution is -2.50. The molecule has 4 rings (SSSR count). The zero-order valence-corrected chi connectivity index (χ0v) is 23.5. The van der Waals surface area contributed by atoms with E-state index in [9.17, 15) is 23.1 Å². The fraction of sp³-hybridized carbons (Fsp3) is 0.538. The minimum atomic E-state index is -3.74. The van der Waals surface area contributed by atoms with E-state index in [0.717, 1.165) is 11.3 Å². The highest BCUT2D eigenvalue weighted by Gasteiger charge is 2.36. The van der Waals surface area contributed by atoms with E-state index in [0.29, 0.717) is 31.7 Å². The molecule has 12 heteroatoms. The largest absolute Gasteiger partial charge is 0.486 e. The number of aliphatic hydroxyl groups excluding tert-OH is 1. The van der Waals surface area contributed by atoms with Crippen molar-refractivity contribution in [3.05, 3.63) is 41.3 Å².